The summed E-state index contributed by atoms with van der Waals surface area (Å²) in [5.41, 5.74) is 0.881. The average molecular weight is 364 g/mol. The Labute approximate surface area is 123 Å². The number of hydrogen-bond donors (Lipinski definition) is 1. The van der Waals surface area contributed by atoms with Crippen molar-refractivity contribution in [1.82, 2.24) is 4.72 Å². The van der Waals surface area contributed by atoms with Gasteiger partial charge in [-0.3, -0.25) is 0 Å². The largest absolute Gasteiger partial charge is 0.241 e. The predicted molar refractivity (Wildman–Crippen MR) is 77.2 cm³/mol. The van der Waals surface area contributed by atoms with E-state index >= 15 is 0 Å². The van der Waals surface area contributed by atoms with Gasteiger partial charge in [-0.25, -0.2) is 17.5 Å². The van der Waals surface area contributed by atoms with E-state index in [1.807, 2.05) is 16.8 Å². The van der Waals surface area contributed by atoms with Crippen molar-refractivity contribution in [3.05, 3.63) is 50.9 Å². The molecule has 7 heteroatoms. The maximum Gasteiger partial charge on any atom is 0.241 e. The topological polar surface area (TPSA) is 46.2 Å². The van der Waals surface area contributed by atoms with Gasteiger partial charge in [0.2, 0.25) is 10.0 Å². The Balaban J connectivity index is 2.25. The highest BCUT2D eigenvalue weighted by atomic mass is 79.9. The lowest BCUT2D eigenvalue weighted by atomic mass is 10.2. The van der Waals surface area contributed by atoms with Gasteiger partial charge in [0.25, 0.3) is 0 Å². The minimum absolute atomic E-state index is 0.0877. The summed E-state index contributed by atoms with van der Waals surface area (Å²) < 4.78 is 40.4. The van der Waals surface area contributed by atoms with Crippen LogP contribution in [0.25, 0.3) is 0 Å². The number of nitrogens with one attached hydrogen (secondary N) is 1. The molecule has 1 atom stereocenters. The summed E-state index contributed by atoms with van der Waals surface area (Å²) in [6.45, 7) is 1.74. The number of rotatable bonds is 4. The van der Waals surface area contributed by atoms with Crippen molar-refractivity contribution in [3.8, 4) is 0 Å². The Morgan fingerprint density at radius 3 is 2.68 bits per heavy atom. The van der Waals surface area contributed by atoms with Crippen LogP contribution in [0.4, 0.5) is 4.39 Å². The fraction of sp³-hybridized carbons (Fsp3) is 0.167. The second-order valence-corrected chi connectivity index (χ2v) is 7.32. The van der Waals surface area contributed by atoms with Crippen LogP contribution < -0.4 is 4.72 Å². The van der Waals surface area contributed by atoms with Gasteiger partial charge >= 0.3 is 0 Å². The highest BCUT2D eigenvalue weighted by Gasteiger charge is 2.19. The zero-order chi connectivity index (χ0) is 14.0. The Hall–Kier alpha value is -0.760. The second kappa shape index (κ2) is 5.70. The molecule has 3 nitrogen and oxygen atoms in total. The van der Waals surface area contributed by atoms with Crippen LogP contribution in [0.3, 0.4) is 0 Å². The summed E-state index contributed by atoms with van der Waals surface area (Å²) in [6, 6.07) is 5.21. The molecule has 102 valence electrons. The lowest BCUT2D eigenvalue weighted by Gasteiger charge is -2.13. The van der Waals surface area contributed by atoms with Gasteiger partial charge < -0.3 is 0 Å². The molecule has 0 saturated carbocycles. The smallest absolute Gasteiger partial charge is 0.207 e. The molecular formula is C12H11BrFNO2S2. The van der Waals surface area contributed by atoms with Crippen molar-refractivity contribution in [2.75, 3.05) is 0 Å². The zero-order valence-corrected chi connectivity index (χ0v) is 13.1. The Morgan fingerprint density at radius 2 is 2.11 bits per heavy atom. The van der Waals surface area contributed by atoms with E-state index < -0.39 is 15.8 Å². The monoisotopic (exact) mass is 363 g/mol. The fourth-order valence-corrected chi connectivity index (χ4v) is 3.78. The molecule has 1 aromatic carbocycles. The molecule has 0 saturated heterocycles. The van der Waals surface area contributed by atoms with Crippen LogP contribution in [0.2, 0.25) is 0 Å². The molecule has 2 aromatic rings. The molecule has 1 heterocycles. The van der Waals surface area contributed by atoms with E-state index in [0.29, 0.717) is 0 Å². The van der Waals surface area contributed by atoms with Gasteiger partial charge in [0.1, 0.15) is 5.82 Å². The predicted octanol–water partition coefficient (Wildman–Crippen LogP) is 3.69. The summed E-state index contributed by atoms with van der Waals surface area (Å²) >= 11 is 4.48. The number of hydrogen-bond acceptors (Lipinski definition) is 3. The fourth-order valence-electron chi connectivity index (χ4n) is 1.53. The summed E-state index contributed by atoms with van der Waals surface area (Å²) in [5.74, 6) is -0.605. The van der Waals surface area contributed by atoms with Gasteiger partial charge in [-0.1, -0.05) is 0 Å². The molecule has 19 heavy (non-hydrogen) atoms. The Kier molecular flexibility index (Phi) is 4.39. The number of thiophene rings is 1. The van der Waals surface area contributed by atoms with Crippen LogP contribution in [0, 0.1) is 5.82 Å². The molecule has 0 aliphatic heterocycles. The van der Waals surface area contributed by atoms with Gasteiger partial charge in [0, 0.05) is 6.04 Å². The first-order valence-corrected chi connectivity index (χ1v) is 8.61. The van der Waals surface area contributed by atoms with E-state index in [-0.39, 0.29) is 15.4 Å². The van der Waals surface area contributed by atoms with Crippen molar-refractivity contribution >= 4 is 37.3 Å². The standard InChI is InChI=1S/C12H11BrFNO2S2/c1-8(9-4-5-18-7-9)15-19(16,17)10-2-3-11(13)12(14)6-10/h2-8,15H,1H3. The van der Waals surface area contributed by atoms with Gasteiger partial charge in [-0.05, 0) is 63.4 Å². The van der Waals surface area contributed by atoms with Gasteiger partial charge in [0.15, 0.2) is 0 Å². The first kappa shape index (κ1) is 14.6. The number of halogens is 2. The SMILES string of the molecule is CC(NS(=O)(=O)c1ccc(Br)c(F)c1)c1ccsc1. The summed E-state index contributed by atoms with van der Waals surface area (Å²) in [5, 5.41) is 3.74. The maximum absolute atomic E-state index is 13.4. The molecule has 0 bridgehead atoms. The van der Waals surface area contributed by atoms with Gasteiger partial charge in [-0.2, -0.15) is 11.3 Å². The van der Waals surface area contributed by atoms with E-state index in [2.05, 4.69) is 20.7 Å². The third-order valence-electron chi connectivity index (χ3n) is 2.58. The van der Waals surface area contributed by atoms with Gasteiger partial charge in [-0.15, -0.1) is 0 Å². The van der Waals surface area contributed by atoms with E-state index in [1.165, 1.54) is 23.5 Å². The molecule has 0 fully saturated rings. The van der Waals surface area contributed by atoms with Crippen molar-refractivity contribution in [3.63, 3.8) is 0 Å². The van der Waals surface area contributed by atoms with Gasteiger partial charge in [0.05, 0.1) is 9.37 Å². The minimum Gasteiger partial charge on any atom is -0.207 e. The van der Waals surface area contributed by atoms with Crippen LogP contribution in [-0.2, 0) is 10.0 Å². The third kappa shape index (κ3) is 3.42. The van der Waals surface area contributed by atoms with Crippen molar-refractivity contribution in [2.45, 2.75) is 17.9 Å². The Bertz CT molecular complexity index is 671. The van der Waals surface area contributed by atoms with Crippen LogP contribution in [0.1, 0.15) is 18.5 Å². The summed E-state index contributed by atoms with van der Waals surface area (Å²) in [4.78, 5) is -0.0877. The lowest BCUT2D eigenvalue weighted by Crippen LogP contribution is -2.26. The highest BCUT2D eigenvalue weighted by molar-refractivity contribution is 9.10. The summed E-state index contributed by atoms with van der Waals surface area (Å²) in [6.07, 6.45) is 0. The minimum atomic E-state index is -3.73. The van der Waals surface area contributed by atoms with Crippen molar-refractivity contribution < 1.29 is 12.8 Å². The van der Waals surface area contributed by atoms with Crippen molar-refractivity contribution in [1.29, 1.82) is 0 Å². The molecule has 0 spiro atoms. The number of sulfonamides is 1. The van der Waals surface area contributed by atoms with E-state index in [4.69, 9.17) is 0 Å². The molecule has 1 N–H and O–H groups in total. The number of benzene rings is 1. The first-order valence-electron chi connectivity index (χ1n) is 5.39. The van der Waals surface area contributed by atoms with Crippen LogP contribution in [-0.4, -0.2) is 8.42 Å². The second-order valence-electron chi connectivity index (χ2n) is 3.98. The molecular weight excluding hydrogens is 353 g/mol. The molecule has 0 amide bonds. The molecule has 1 unspecified atom stereocenters. The molecule has 0 radical (unpaired) electrons. The molecule has 0 aliphatic carbocycles. The quantitative estimate of drug-likeness (QED) is 0.900. The highest BCUT2D eigenvalue weighted by Crippen LogP contribution is 2.22. The molecule has 1 aromatic heterocycles. The lowest BCUT2D eigenvalue weighted by molar-refractivity contribution is 0.563. The van der Waals surface area contributed by atoms with Crippen LogP contribution in [0.15, 0.2) is 44.4 Å². The first-order chi connectivity index (χ1) is 8.90. The van der Waals surface area contributed by atoms with Crippen LogP contribution >= 0.6 is 27.3 Å². The molecule has 2 rings (SSSR count). The normalized spacial score (nSPS) is 13.4. The zero-order valence-electron chi connectivity index (χ0n) is 9.93. The van der Waals surface area contributed by atoms with Crippen molar-refractivity contribution in [2.24, 2.45) is 0 Å². The van der Waals surface area contributed by atoms with E-state index in [9.17, 15) is 12.8 Å². The average Bonchev–Trinajstić information content (AvgIpc) is 2.85. The van der Waals surface area contributed by atoms with E-state index in [1.54, 1.807) is 6.92 Å². The summed E-state index contributed by atoms with van der Waals surface area (Å²) in [7, 11) is -3.73. The Morgan fingerprint density at radius 1 is 1.37 bits per heavy atom. The van der Waals surface area contributed by atoms with Crippen LogP contribution in [0.5, 0.6) is 0 Å². The van der Waals surface area contributed by atoms with E-state index in [0.717, 1.165) is 11.6 Å². The maximum atomic E-state index is 13.4. The third-order valence-corrected chi connectivity index (χ3v) is 5.46. The molecule has 0 aliphatic rings.